The predicted molar refractivity (Wildman–Crippen MR) is 86.0 cm³/mol. The number of halogens is 3. The summed E-state index contributed by atoms with van der Waals surface area (Å²) in [5.41, 5.74) is -1.76. The molecule has 130 valence electrons. The second-order valence-corrected chi connectivity index (χ2v) is 5.21. The van der Waals surface area contributed by atoms with Crippen molar-refractivity contribution in [3.63, 3.8) is 0 Å². The van der Waals surface area contributed by atoms with Gasteiger partial charge in [0, 0.05) is 10.9 Å². The Kier molecular flexibility index (Phi) is 4.16. The number of alkyl halides is 3. The number of ether oxygens (including phenoxy) is 2. The van der Waals surface area contributed by atoms with E-state index in [9.17, 15) is 18.0 Å². The van der Waals surface area contributed by atoms with Gasteiger partial charge in [0.1, 0.15) is 5.56 Å². The number of hydrogen-bond acceptors (Lipinski definition) is 4. The van der Waals surface area contributed by atoms with Gasteiger partial charge in [-0.3, -0.25) is 0 Å². The van der Waals surface area contributed by atoms with Gasteiger partial charge in [-0.1, -0.05) is 30.3 Å². The molecule has 0 unspecified atom stereocenters. The SMILES string of the molecule is COc1cc2c(C(F)(F)F)c(-c3ccccc3)oc(=O)c2cc1OC. The minimum Gasteiger partial charge on any atom is -0.493 e. The van der Waals surface area contributed by atoms with E-state index in [4.69, 9.17) is 13.9 Å². The van der Waals surface area contributed by atoms with Crippen molar-refractivity contribution in [2.24, 2.45) is 0 Å². The highest BCUT2D eigenvalue weighted by molar-refractivity contribution is 5.91. The van der Waals surface area contributed by atoms with Crippen molar-refractivity contribution in [3.05, 3.63) is 58.4 Å². The number of methoxy groups -OCH3 is 2. The van der Waals surface area contributed by atoms with Crippen LogP contribution in [-0.2, 0) is 6.18 Å². The molecule has 0 spiro atoms. The molecule has 0 aliphatic rings. The number of fused-ring (bicyclic) bond motifs is 1. The highest BCUT2D eigenvalue weighted by atomic mass is 19.4. The molecule has 0 fully saturated rings. The van der Waals surface area contributed by atoms with E-state index in [2.05, 4.69) is 0 Å². The summed E-state index contributed by atoms with van der Waals surface area (Å²) in [5.74, 6) is -0.300. The van der Waals surface area contributed by atoms with E-state index in [1.165, 1.54) is 32.4 Å². The smallest absolute Gasteiger partial charge is 0.420 e. The molecule has 0 saturated heterocycles. The molecule has 0 aliphatic carbocycles. The molecule has 0 saturated carbocycles. The first-order valence-corrected chi connectivity index (χ1v) is 7.22. The molecule has 0 radical (unpaired) electrons. The van der Waals surface area contributed by atoms with Crippen molar-refractivity contribution in [2.75, 3.05) is 14.2 Å². The molecule has 3 rings (SSSR count). The van der Waals surface area contributed by atoms with Crippen LogP contribution in [-0.4, -0.2) is 14.2 Å². The van der Waals surface area contributed by atoms with E-state index in [1.807, 2.05) is 0 Å². The molecular weight excluding hydrogens is 337 g/mol. The molecule has 1 heterocycles. The quantitative estimate of drug-likeness (QED) is 0.698. The predicted octanol–water partition coefficient (Wildman–Crippen LogP) is 4.50. The van der Waals surface area contributed by atoms with Gasteiger partial charge >= 0.3 is 11.8 Å². The molecular formula is C18H13F3O4. The zero-order chi connectivity index (χ0) is 18.2. The Hall–Kier alpha value is -2.96. The molecule has 0 aliphatic heterocycles. The van der Waals surface area contributed by atoms with Crippen molar-refractivity contribution >= 4 is 10.8 Å². The van der Waals surface area contributed by atoms with Crippen molar-refractivity contribution in [3.8, 4) is 22.8 Å². The Balaban J connectivity index is 2.49. The third kappa shape index (κ3) is 2.93. The van der Waals surface area contributed by atoms with Crippen LogP contribution in [0.25, 0.3) is 22.1 Å². The van der Waals surface area contributed by atoms with Gasteiger partial charge in [-0.15, -0.1) is 0 Å². The summed E-state index contributed by atoms with van der Waals surface area (Å²) in [6.07, 6.45) is -4.74. The van der Waals surface area contributed by atoms with Crippen LogP contribution in [0.15, 0.2) is 51.7 Å². The fraction of sp³-hybridized carbons (Fsp3) is 0.167. The molecule has 0 N–H and O–H groups in total. The largest absolute Gasteiger partial charge is 0.493 e. The summed E-state index contributed by atoms with van der Waals surface area (Å²) < 4.78 is 56.5. The van der Waals surface area contributed by atoms with Gasteiger partial charge in [-0.05, 0) is 12.1 Å². The van der Waals surface area contributed by atoms with Crippen LogP contribution in [0.1, 0.15) is 5.56 Å². The summed E-state index contributed by atoms with van der Waals surface area (Å²) >= 11 is 0. The second-order valence-electron chi connectivity index (χ2n) is 5.21. The number of hydrogen-bond donors (Lipinski definition) is 0. The Labute approximate surface area is 140 Å². The van der Waals surface area contributed by atoms with Gasteiger partial charge < -0.3 is 13.9 Å². The van der Waals surface area contributed by atoms with Gasteiger partial charge in [0.2, 0.25) is 0 Å². The topological polar surface area (TPSA) is 48.7 Å². The maximum Gasteiger partial charge on any atom is 0.420 e. The lowest BCUT2D eigenvalue weighted by Crippen LogP contribution is -2.13. The van der Waals surface area contributed by atoms with Gasteiger partial charge in [0.15, 0.2) is 17.3 Å². The maximum atomic E-state index is 13.8. The van der Waals surface area contributed by atoms with Crippen LogP contribution in [0.3, 0.4) is 0 Å². The average molecular weight is 350 g/mol. The van der Waals surface area contributed by atoms with Crippen LogP contribution in [0.4, 0.5) is 13.2 Å². The number of benzene rings is 2. The van der Waals surface area contributed by atoms with Crippen molar-refractivity contribution in [1.82, 2.24) is 0 Å². The fourth-order valence-corrected chi connectivity index (χ4v) is 2.65. The lowest BCUT2D eigenvalue weighted by atomic mass is 10.0. The fourth-order valence-electron chi connectivity index (χ4n) is 2.65. The molecule has 7 heteroatoms. The average Bonchev–Trinajstić information content (AvgIpc) is 2.60. The van der Waals surface area contributed by atoms with E-state index >= 15 is 0 Å². The third-order valence-corrected chi connectivity index (χ3v) is 3.75. The summed E-state index contributed by atoms with van der Waals surface area (Å²) in [7, 11) is 2.63. The summed E-state index contributed by atoms with van der Waals surface area (Å²) in [6, 6.07) is 10.00. The van der Waals surface area contributed by atoms with E-state index in [0.29, 0.717) is 0 Å². The first kappa shape index (κ1) is 16.9. The van der Waals surface area contributed by atoms with Gasteiger partial charge in [-0.25, -0.2) is 4.79 Å². The molecule has 4 nitrogen and oxygen atoms in total. The van der Waals surface area contributed by atoms with Gasteiger partial charge in [-0.2, -0.15) is 13.2 Å². The summed E-state index contributed by atoms with van der Waals surface area (Å²) in [5, 5.41) is -0.537. The van der Waals surface area contributed by atoms with E-state index in [1.54, 1.807) is 18.2 Å². The molecule has 3 aromatic rings. The van der Waals surface area contributed by atoms with Crippen LogP contribution >= 0.6 is 0 Å². The Bertz CT molecular complexity index is 976. The van der Waals surface area contributed by atoms with Crippen LogP contribution in [0.2, 0.25) is 0 Å². The standard InChI is InChI=1S/C18H13F3O4/c1-23-13-8-11-12(9-14(13)24-2)17(22)25-16(15(11)18(19,20)21)10-6-4-3-5-7-10/h3-9H,1-2H3. The Morgan fingerprint density at radius 1 is 0.920 bits per heavy atom. The zero-order valence-electron chi connectivity index (χ0n) is 13.3. The van der Waals surface area contributed by atoms with E-state index < -0.39 is 23.1 Å². The first-order chi connectivity index (χ1) is 11.9. The second kappa shape index (κ2) is 6.16. The molecule has 0 atom stereocenters. The first-order valence-electron chi connectivity index (χ1n) is 7.22. The highest BCUT2D eigenvalue weighted by Crippen LogP contribution is 2.43. The normalized spacial score (nSPS) is 11.6. The summed E-state index contributed by atoms with van der Waals surface area (Å²) in [6.45, 7) is 0. The molecule has 0 bridgehead atoms. The van der Waals surface area contributed by atoms with E-state index in [-0.39, 0.29) is 27.8 Å². The monoisotopic (exact) mass is 350 g/mol. The molecule has 1 aromatic heterocycles. The van der Waals surface area contributed by atoms with Crippen LogP contribution in [0, 0.1) is 0 Å². The Morgan fingerprint density at radius 3 is 2.00 bits per heavy atom. The van der Waals surface area contributed by atoms with E-state index in [0.717, 1.165) is 6.07 Å². The number of rotatable bonds is 3. The minimum absolute atomic E-state index is 0.0881. The zero-order valence-corrected chi connectivity index (χ0v) is 13.3. The maximum absolute atomic E-state index is 13.8. The highest BCUT2D eigenvalue weighted by Gasteiger charge is 2.38. The lowest BCUT2D eigenvalue weighted by Gasteiger charge is -2.16. The summed E-state index contributed by atoms with van der Waals surface area (Å²) in [4.78, 5) is 12.3. The van der Waals surface area contributed by atoms with Gasteiger partial charge in [0.25, 0.3) is 0 Å². The lowest BCUT2D eigenvalue weighted by molar-refractivity contribution is -0.136. The van der Waals surface area contributed by atoms with Crippen molar-refractivity contribution in [1.29, 1.82) is 0 Å². The van der Waals surface area contributed by atoms with Crippen LogP contribution in [0.5, 0.6) is 11.5 Å². The molecule has 25 heavy (non-hydrogen) atoms. The van der Waals surface area contributed by atoms with Gasteiger partial charge in [0.05, 0.1) is 19.6 Å². The van der Waals surface area contributed by atoms with Crippen LogP contribution < -0.4 is 15.1 Å². The van der Waals surface area contributed by atoms with Crippen molar-refractivity contribution < 1.29 is 27.1 Å². The van der Waals surface area contributed by atoms with Crippen molar-refractivity contribution in [2.45, 2.75) is 6.18 Å². The minimum atomic E-state index is -4.74. The molecule has 2 aromatic carbocycles. The molecule has 0 amide bonds. The third-order valence-electron chi connectivity index (χ3n) is 3.75. The Morgan fingerprint density at radius 2 is 1.48 bits per heavy atom.